The molecule has 21 heavy (non-hydrogen) atoms. The van der Waals surface area contributed by atoms with Crippen LogP contribution in [0.3, 0.4) is 0 Å². The molecule has 2 aromatic carbocycles. The molecule has 1 saturated carbocycles. The van der Waals surface area contributed by atoms with Crippen molar-refractivity contribution in [3.8, 4) is 0 Å². The van der Waals surface area contributed by atoms with Gasteiger partial charge in [-0.25, -0.2) is 4.39 Å². The highest BCUT2D eigenvalue weighted by atomic mass is 19.1. The molecule has 1 fully saturated rings. The number of anilines is 2. The Hall–Kier alpha value is -1.87. The zero-order chi connectivity index (χ0) is 14.2. The maximum Gasteiger partial charge on any atom is 0.125 e. The number of nitrogens with one attached hydrogen (secondary N) is 1. The van der Waals surface area contributed by atoms with Gasteiger partial charge < -0.3 is 10.2 Å². The molecular formula is C18H19FN2. The molecule has 108 valence electrons. The molecule has 1 aliphatic carbocycles. The second-order valence-electron chi connectivity index (χ2n) is 6.00. The molecule has 0 spiro atoms. The molecule has 0 radical (unpaired) electrons. The molecule has 2 aromatic rings. The number of nitrogens with zero attached hydrogens (tertiary/aromatic N) is 1. The molecular weight excluding hydrogens is 263 g/mol. The average molecular weight is 282 g/mol. The van der Waals surface area contributed by atoms with E-state index < -0.39 is 0 Å². The molecule has 2 nitrogen and oxygen atoms in total. The Bertz CT molecular complexity index is 647. The van der Waals surface area contributed by atoms with Crippen LogP contribution in [0.25, 0.3) is 0 Å². The van der Waals surface area contributed by atoms with E-state index in [9.17, 15) is 4.39 Å². The van der Waals surface area contributed by atoms with Crippen molar-refractivity contribution in [3.05, 3.63) is 59.4 Å². The van der Waals surface area contributed by atoms with Gasteiger partial charge in [-0.2, -0.15) is 0 Å². The summed E-state index contributed by atoms with van der Waals surface area (Å²) >= 11 is 0. The third-order valence-electron chi connectivity index (χ3n) is 4.36. The highest BCUT2D eigenvalue weighted by Gasteiger charge is 2.21. The minimum atomic E-state index is -0.161. The van der Waals surface area contributed by atoms with Gasteiger partial charge in [0.05, 0.1) is 0 Å². The summed E-state index contributed by atoms with van der Waals surface area (Å²) in [6.45, 7) is 1.87. The molecule has 4 rings (SSSR count). The Morgan fingerprint density at radius 3 is 2.67 bits per heavy atom. The van der Waals surface area contributed by atoms with Gasteiger partial charge in [-0.1, -0.05) is 18.2 Å². The van der Waals surface area contributed by atoms with Crippen molar-refractivity contribution in [2.45, 2.75) is 31.8 Å². The summed E-state index contributed by atoms with van der Waals surface area (Å²) in [4.78, 5) is 2.20. The Morgan fingerprint density at radius 2 is 1.90 bits per heavy atom. The quantitative estimate of drug-likeness (QED) is 0.918. The molecule has 1 N–H and O–H groups in total. The van der Waals surface area contributed by atoms with E-state index >= 15 is 0 Å². The van der Waals surface area contributed by atoms with Gasteiger partial charge in [0.2, 0.25) is 0 Å². The number of rotatable bonds is 4. The van der Waals surface area contributed by atoms with Crippen molar-refractivity contribution in [2.24, 2.45) is 0 Å². The monoisotopic (exact) mass is 282 g/mol. The normalized spacial score (nSPS) is 17.1. The van der Waals surface area contributed by atoms with Crippen LogP contribution in [0.4, 0.5) is 15.8 Å². The molecule has 0 unspecified atom stereocenters. The van der Waals surface area contributed by atoms with Crippen LogP contribution in [-0.4, -0.2) is 12.6 Å². The van der Waals surface area contributed by atoms with Crippen LogP contribution in [-0.2, 0) is 13.0 Å². The number of halogens is 1. The molecule has 3 heteroatoms. The molecule has 1 aliphatic heterocycles. The molecule has 0 aromatic heterocycles. The lowest BCUT2D eigenvalue weighted by atomic mass is 10.1. The molecule has 0 saturated heterocycles. The first-order valence-electron chi connectivity index (χ1n) is 7.68. The van der Waals surface area contributed by atoms with Crippen molar-refractivity contribution >= 4 is 11.4 Å². The van der Waals surface area contributed by atoms with E-state index in [1.807, 2.05) is 6.07 Å². The van der Waals surface area contributed by atoms with Crippen molar-refractivity contribution in [3.63, 3.8) is 0 Å². The molecule has 0 amide bonds. The molecule has 0 atom stereocenters. The van der Waals surface area contributed by atoms with Crippen molar-refractivity contribution in [1.29, 1.82) is 0 Å². The van der Waals surface area contributed by atoms with Crippen LogP contribution in [0.1, 0.15) is 24.0 Å². The molecule has 1 heterocycles. The maximum atomic E-state index is 13.5. The fourth-order valence-electron chi connectivity index (χ4n) is 2.96. The van der Waals surface area contributed by atoms with Crippen LogP contribution in [0, 0.1) is 5.82 Å². The van der Waals surface area contributed by atoms with Gasteiger partial charge in [-0.05, 0) is 54.7 Å². The van der Waals surface area contributed by atoms with E-state index in [0.717, 1.165) is 36.9 Å². The van der Waals surface area contributed by atoms with Crippen molar-refractivity contribution in [1.82, 2.24) is 5.32 Å². The largest absolute Gasteiger partial charge is 0.341 e. The van der Waals surface area contributed by atoms with Gasteiger partial charge in [-0.3, -0.25) is 0 Å². The van der Waals surface area contributed by atoms with Crippen LogP contribution >= 0.6 is 0 Å². The van der Waals surface area contributed by atoms with Crippen LogP contribution in [0.2, 0.25) is 0 Å². The predicted molar refractivity (Wildman–Crippen MR) is 83.4 cm³/mol. The summed E-state index contributed by atoms with van der Waals surface area (Å²) < 4.78 is 13.5. The first kappa shape index (κ1) is 12.8. The number of hydrogen-bond acceptors (Lipinski definition) is 2. The SMILES string of the molecule is Fc1ccc2c(c1)N(c1ccc(CNC3CC3)cc1)CC2. The Balaban J connectivity index is 1.53. The Kier molecular flexibility index (Phi) is 3.15. The van der Waals surface area contributed by atoms with Gasteiger partial charge >= 0.3 is 0 Å². The van der Waals surface area contributed by atoms with E-state index in [1.54, 1.807) is 12.1 Å². The molecule has 0 bridgehead atoms. The average Bonchev–Trinajstić information content (AvgIpc) is 3.25. The van der Waals surface area contributed by atoms with Gasteiger partial charge in [0, 0.05) is 30.5 Å². The lowest BCUT2D eigenvalue weighted by molar-refractivity contribution is 0.628. The zero-order valence-corrected chi connectivity index (χ0v) is 12.0. The van der Waals surface area contributed by atoms with Crippen molar-refractivity contribution in [2.75, 3.05) is 11.4 Å². The van der Waals surface area contributed by atoms with E-state index in [1.165, 1.54) is 24.0 Å². The Morgan fingerprint density at radius 1 is 1.10 bits per heavy atom. The van der Waals surface area contributed by atoms with Crippen LogP contribution in [0.15, 0.2) is 42.5 Å². The minimum absolute atomic E-state index is 0.161. The molecule has 2 aliphatic rings. The zero-order valence-electron chi connectivity index (χ0n) is 12.0. The second-order valence-corrected chi connectivity index (χ2v) is 6.00. The smallest absolute Gasteiger partial charge is 0.125 e. The summed E-state index contributed by atoms with van der Waals surface area (Å²) in [5.41, 5.74) is 4.70. The summed E-state index contributed by atoms with van der Waals surface area (Å²) in [6.07, 6.45) is 3.61. The topological polar surface area (TPSA) is 15.3 Å². The summed E-state index contributed by atoms with van der Waals surface area (Å²) in [7, 11) is 0. The Labute approximate surface area is 124 Å². The van der Waals surface area contributed by atoms with Gasteiger partial charge in [0.15, 0.2) is 0 Å². The summed E-state index contributed by atoms with van der Waals surface area (Å²) in [6, 6.07) is 14.5. The van der Waals surface area contributed by atoms with Gasteiger partial charge in [-0.15, -0.1) is 0 Å². The summed E-state index contributed by atoms with van der Waals surface area (Å²) in [5, 5.41) is 3.52. The van der Waals surface area contributed by atoms with E-state index in [4.69, 9.17) is 0 Å². The van der Waals surface area contributed by atoms with Crippen LogP contribution < -0.4 is 10.2 Å². The second kappa shape index (κ2) is 5.15. The van der Waals surface area contributed by atoms with Gasteiger partial charge in [0.25, 0.3) is 0 Å². The third kappa shape index (κ3) is 2.66. The minimum Gasteiger partial charge on any atom is -0.341 e. The highest BCUT2D eigenvalue weighted by molar-refractivity contribution is 5.69. The number of hydrogen-bond donors (Lipinski definition) is 1. The third-order valence-corrected chi connectivity index (χ3v) is 4.36. The standard InChI is InChI=1S/C18H19FN2/c19-15-4-3-14-9-10-21(18(14)11-15)17-7-1-13(2-8-17)12-20-16-5-6-16/h1-4,7-8,11,16,20H,5-6,9-10,12H2. The first-order valence-corrected chi connectivity index (χ1v) is 7.68. The highest BCUT2D eigenvalue weighted by Crippen LogP contribution is 2.35. The van der Waals surface area contributed by atoms with E-state index in [0.29, 0.717) is 0 Å². The number of fused-ring (bicyclic) bond motifs is 1. The van der Waals surface area contributed by atoms with Crippen LogP contribution in [0.5, 0.6) is 0 Å². The summed E-state index contributed by atoms with van der Waals surface area (Å²) in [5.74, 6) is -0.161. The fourth-order valence-corrected chi connectivity index (χ4v) is 2.96. The van der Waals surface area contributed by atoms with Crippen molar-refractivity contribution < 1.29 is 4.39 Å². The maximum absolute atomic E-state index is 13.5. The lowest BCUT2D eigenvalue weighted by Gasteiger charge is -2.20. The van der Waals surface area contributed by atoms with E-state index in [-0.39, 0.29) is 5.82 Å². The first-order chi connectivity index (χ1) is 10.3. The van der Waals surface area contributed by atoms with Gasteiger partial charge in [0.1, 0.15) is 5.82 Å². The lowest BCUT2D eigenvalue weighted by Crippen LogP contribution is -2.16. The number of benzene rings is 2. The van der Waals surface area contributed by atoms with E-state index in [2.05, 4.69) is 34.5 Å². The predicted octanol–water partition coefficient (Wildman–Crippen LogP) is 3.77. The fraction of sp³-hybridized carbons (Fsp3) is 0.333.